The molecule has 5 heteroatoms. The Kier molecular flexibility index (Phi) is 5.72. The highest BCUT2D eigenvalue weighted by Gasteiger charge is 2.12. The molecule has 0 aliphatic heterocycles. The lowest BCUT2D eigenvalue weighted by atomic mass is 10.2. The molecule has 2 rings (SSSR count). The van der Waals surface area contributed by atoms with E-state index in [1.54, 1.807) is 44.2 Å². The van der Waals surface area contributed by atoms with Gasteiger partial charge in [0.15, 0.2) is 0 Å². The third-order valence-corrected chi connectivity index (χ3v) is 4.00. The summed E-state index contributed by atoms with van der Waals surface area (Å²) in [5.74, 6) is 2.03. The van der Waals surface area contributed by atoms with E-state index in [1.807, 2.05) is 24.3 Å². The van der Waals surface area contributed by atoms with Crippen LogP contribution in [-0.2, 0) is 0 Å². The molecule has 1 amide bonds. The van der Waals surface area contributed by atoms with Crippen molar-refractivity contribution in [1.82, 2.24) is 0 Å². The standard InChI is InChI=1S/C17H19NO3S/c1-4-22-16-8-6-5-7-15(16)17(19)18-12-9-13(20-2)11-14(10-12)21-3/h5-11H,4H2,1-3H3,(H,18,19). The maximum Gasteiger partial charge on any atom is 0.256 e. The molecule has 0 unspecified atom stereocenters. The summed E-state index contributed by atoms with van der Waals surface area (Å²) in [6.07, 6.45) is 0. The molecular weight excluding hydrogens is 298 g/mol. The molecule has 2 aromatic rings. The molecular formula is C17H19NO3S. The van der Waals surface area contributed by atoms with Crippen molar-refractivity contribution in [3.8, 4) is 11.5 Å². The molecule has 0 spiro atoms. The minimum Gasteiger partial charge on any atom is -0.497 e. The average molecular weight is 317 g/mol. The number of benzene rings is 2. The molecule has 116 valence electrons. The highest BCUT2D eigenvalue weighted by molar-refractivity contribution is 7.99. The Morgan fingerprint density at radius 3 is 2.32 bits per heavy atom. The van der Waals surface area contributed by atoms with Gasteiger partial charge in [0.2, 0.25) is 0 Å². The molecule has 0 aliphatic carbocycles. The van der Waals surface area contributed by atoms with Crippen molar-refractivity contribution >= 4 is 23.4 Å². The van der Waals surface area contributed by atoms with E-state index in [-0.39, 0.29) is 5.91 Å². The number of hydrogen-bond donors (Lipinski definition) is 1. The lowest BCUT2D eigenvalue weighted by Crippen LogP contribution is -2.13. The summed E-state index contributed by atoms with van der Waals surface area (Å²) in [5.41, 5.74) is 1.30. The molecule has 0 aromatic heterocycles. The van der Waals surface area contributed by atoms with Gasteiger partial charge in [-0.2, -0.15) is 0 Å². The monoisotopic (exact) mass is 317 g/mol. The number of anilines is 1. The quantitative estimate of drug-likeness (QED) is 0.816. The van der Waals surface area contributed by atoms with Crippen LogP contribution < -0.4 is 14.8 Å². The highest BCUT2D eigenvalue weighted by Crippen LogP contribution is 2.27. The first kappa shape index (κ1) is 16.2. The summed E-state index contributed by atoms with van der Waals surface area (Å²) >= 11 is 1.65. The van der Waals surface area contributed by atoms with E-state index < -0.39 is 0 Å². The molecule has 0 aliphatic rings. The Balaban J connectivity index is 2.25. The van der Waals surface area contributed by atoms with E-state index in [0.717, 1.165) is 10.6 Å². The Morgan fingerprint density at radius 1 is 1.09 bits per heavy atom. The average Bonchev–Trinajstić information content (AvgIpc) is 2.55. The number of amides is 1. The first-order chi connectivity index (χ1) is 10.7. The molecule has 0 saturated carbocycles. The Morgan fingerprint density at radius 2 is 1.73 bits per heavy atom. The summed E-state index contributed by atoms with van der Waals surface area (Å²) in [6.45, 7) is 2.06. The first-order valence-corrected chi connectivity index (χ1v) is 7.92. The van der Waals surface area contributed by atoms with E-state index in [4.69, 9.17) is 9.47 Å². The van der Waals surface area contributed by atoms with Crippen molar-refractivity contribution in [3.05, 3.63) is 48.0 Å². The van der Waals surface area contributed by atoms with Crippen LogP contribution in [-0.4, -0.2) is 25.9 Å². The van der Waals surface area contributed by atoms with Crippen LogP contribution in [0.2, 0.25) is 0 Å². The van der Waals surface area contributed by atoms with Crippen molar-refractivity contribution in [2.24, 2.45) is 0 Å². The summed E-state index contributed by atoms with van der Waals surface area (Å²) in [5, 5.41) is 2.89. The number of rotatable bonds is 6. The zero-order chi connectivity index (χ0) is 15.9. The van der Waals surface area contributed by atoms with E-state index >= 15 is 0 Å². The minimum atomic E-state index is -0.146. The summed E-state index contributed by atoms with van der Waals surface area (Å²) in [4.78, 5) is 13.5. The van der Waals surface area contributed by atoms with Gasteiger partial charge < -0.3 is 14.8 Å². The van der Waals surface area contributed by atoms with Gasteiger partial charge in [-0.25, -0.2) is 0 Å². The summed E-state index contributed by atoms with van der Waals surface area (Å²) in [6, 6.07) is 12.9. The lowest BCUT2D eigenvalue weighted by molar-refractivity contribution is 0.102. The second kappa shape index (κ2) is 7.75. The van der Waals surface area contributed by atoms with Crippen molar-refractivity contribution < 1.29 is 14.3 Å². The van der Waals surface area contributed by atoms with Crippen molar-refractivity contribution in [2.45, 2.75) is 11.8 Å². The SMILES string of the molecule is CCSc1ccccc1C(=O)Nc1cc(OC)cc(OC)c1. The normalized spacial score (nSPS) is 10.1. The van der Waals surface area contributed by atoms with Crippen LogP contribution in [0.1, 0.15) is 17.3 Å². The van der Waals surface area contributed by atoms with Crippen LogP contribution in [0.15, 0.2) is 47.4 Å². The predicted octanol–water partition coefficient (Wildman–Crippen LogP) is 4.07. The van der Waals surface area contributed by atoms with E-state index in [9.17, 15) is 4.79 Å². The van der Waals surface area contributed by atoms with Gasteiger partial charge in [-0.1, -0.05) is 19.1 Å². The van der Waals surface area contributed by atoms with Crippen LogP contribution in [0.3, 0.4) is 0 Å². The van der Waals surface area contributed by atoms with Gasteiger partial charge in [-0.15, -0.1) is 11.8 Å². The number of carbonyl (C=O) groups is 1. The molecule has 0 fully saturated rings. The third kappa shape index (κ3) is 3.95. The van der Waals surface area contributed by atoms with Gasteiger partial charge in [0.05, 0.1) is 19.8 Å². The number of thioether (sulfide) groups is 1. The van der Waals surface area contributed by atoms with Crippen LogP contribution in [0, 0.1) is 0 Å². The number of hydrogen-bond acceptors (Lipinski definition) is 4. The number of nitrogens with one attached hydrogen (secondary N) is 1. The molecule has 0 heterocycles. The van der Waals surface area contributed by atoms with Crippen LogP contribution in [0.25, 0.3) is 0 Å². The van der Waals surface area contributed by atoms with Crippen molar-refractivity contribution in [2.75, 3.05) is 25.3 Å². The molecule has 22 heavy (non-hydrogen) atoms. The van der Waals surface area contributed by atoms with E-state index in [0.29, 0.717) is 22.7 Å². The second-order valence-electron chi connectivity index (χ2n) is 4.48. The fourth-order valence-corrected chi connectivity index (χ4v) is 2.82. The number of methoxy groups -OCH3 is 2. The minimum absolute atomic E-state index is 0.146. The van der Waals surface area contributed by atoms with Crippen LogP contribution in [0.4, 0.5) is 5.69 Å². The highest BCUT2D eigenvalue weighted by atomic mass is 32.2. The summed E-state index contributed by atoms with van der Waals surface area (Å²) < 4.78 is 10.4. The molecule has 0 bridgehead atoms. The zero-order valence-electron chi connectivity index (χ0n) is 12.9. The van der Waals surface area contributed by atoms with E-state index in [1.165, 1.54) is 0 Å². The maximum absolute atomic E-state index is 12.5. The van der Waals surface area contributed by atoms with Crippen LogP contribution >= 0.6 is 11.8 Å². The van der Waals surface area contributed by atoms with Gasteiger partial charge in [-0.3, -0.25) is 4.79 Å². The first-order valence-electron chi connectivity index (χ1n) is 6.94. The Labute approximate surface area is 134 Å². The van der Waals surface area contributed by atoms with Crippen LogP contribution in [0.5, 0.6) is 11.5 Å². The molecule has 0 radical (unpaired) electrons. The molecule has 1 N–H and O–H groups in total. The van der Waals surface area contributed by atoms with Gasteiger partial charge in [0.25, 0.3) is 5.91 Å². The van der Waals surface area contributed by atoms with Gasteiger partial charge in [0.1, 0.15) is 11.5 Å². The van der Waals surface area contributed by atoms with Gasteiger partial charge >= 0.3 is 0 Å². The Hall–Kier alpha value is -2.14. The molecule has 0 saturated heterocycles. The Bertz CT molecular complexity index is 636. The predicted molar refractivity (Wildman–Crippen MR) is 90.3 cm³/mol. The fraction of sp³-hybridized carbons (Fsp3) is 0.235. The summed E-state index contributed by atoms with van der Waals surface area (Å²) in [7, 11) is 3.15. The fourth-order valence-electron chi connectivity index (χ4n) is 2.01. The van der Waals surface area contributed by atoms with Gasteiger partial charge in [-0.05, 0) is 17.9 Å². The number of ether oxygens (including phenoxy) is 2. The lowest BCUT2D eigenvalue weighted by Gasteiger charge is -2.11. The zero-order valence-corrected chi connectivity index (χ0v) is 13.7. The maximum atomic E-state index is 12.5. The van der Waals surface area contributed by atoms with Crippen molar-refractivity contribution in [3.63, 3.8) is 0 Å². The number of carbonyl (C=O) groups excluding carboxylic acids is 1. The second-order valence-corrected chi connectivity index (χ2v) is 5.79. The third-order valence-electron chi connectivity index (χ3n) is 3.04. The molecule has 2 aromatic carbocycles. The van der Waals surface area contributed by atoms with Gasteiger partial charge in [0, 0.05) is 28.8 Å². The molecule has 0 atom stereocenters. The largest absolute Gasteiger partial charge is 0.497 e. The molecule has 4 nitrogen and oxygen atoms in total. The topological polar surface area (TPSA) is 47.6 Å². The van der Waals surface area contributed by atoms with E-state index in [2.05, 4.69) is 12.2 Å². The smallest absolute Gasteiger partial charge is 0.256 e. The van der Waals surface area contributed by atoms with Crippen molar-refractivity contribution in [1.29, 1.82) is 0 Å².